The van der Waals surface area contributed by atoms with Crippen molar-refractivity contribution in [1.29, 1.82) is 0 Å². The van der Waals surface area contributed by atoms with Crippen LogP contribution in [-0.4, -0.2) is 36.1 Å². The highest BCUT2D eigenvalue weighted by atomic mass is 15.1. The maximum atomic E-state index is 5.61. The molecule has 0 aliphatic rings. The van der Waals surface area contributed by atoms with Gasteiger partial charge in [0.05, 0.1) is 7.05 Å². The maximum absolute atomic E-state index is 5.61. The van der Waals surface area contributed by atoms with Crippen LogP contribution in [0.25, 0.3) is 0 Å². The molecule has 0 amide bonds. The third kappa shape index (κ3) is 5.24. The first-order chi connectivity index (χ1) is 8.27. The molecule has 1 heterocycles. The van der Waals surface area contributed by atoms with Crippen LogP contribution in [0.2, 0.25) is 0 Å². The van der Waals surface area contributed by atoms with Gasteiger partial charge in [0.25, 0.3) is 6.33 Å². The molecule has 0 spiro atoms. The minimum atomic E-state index is 0.753. The summed E-state index contributed by atoms with van der Waals surface area (Å²) in [5.74, 6) is 0. The monoisotopic (exact) mass is 237 g/mol. The Bertz CT molecular complexity index is 308. The van der Waals surface area contributed by atoms with Gasteiger partial charge in [0.2, 0.25) is 0 Å². The fourth-order valence-electron chi connectivity index (χ4n) is 2.04. The number of hydrogen-bond donors (Lipinski definition) is 1. The van der Waals surface area contributed by atoms with Gasteiger partial charge in [-0.2, -0.15) is 0 Å². The third-order valence-corrected chi connectivity index (χ3v) is 2.94. The Labute approximate surface area is 104 Å². The molecular formula is C13H25N4+. The van der Waals surface area contributed by atoms with Crippen LogP contribution in [0.1, 0.15) is 25.5 Å². The minimum Gasteiger partial charge on any atom is -0.329 e. The zero-order valence-electron chi connectivity index (χ0n) is 11.1. The second kappa shape index (κ2) is 8.14. The number of aromatic nitrogens is 2. The summed E-state index contributed by atoms with van der Waals surface area (Å²) in [4.78, 5) is 6.53. The first kappa shape index (κ1) is 14.1. The van der Waals surface area contributed by atoms with E-state index in [0.29, 0.717) is 0 Å². The second-order valence-corrected chi connectivity index (χ2v) is 4.42. The van der Waals surface area contributed by atoms with Crippen molar-refractivity contribution in [3.63, 3.8) is 0 Å². The highest BCUT2D eigenvalue weighted by Gasteiger charge is 2.05. The first-order valence-electron chi connectivity index (χ1n) is 6.49. The van der Waals surface area contributed by atoms with Crippen LogP contribution in [0.3, 0.4) is 0 Å². The van der Waals surface area contributed by atoms with Gasteiger partial charge in [-0.3, -0.25) is 0 Å². The van der Waals surface area contributed by atoms with E-state index in [1.54, 1.807) is 0 Å². The summed E-state index contributed by atoms with van der Waals surface area (Å²) in [6, 6.07) is 2.09. The second-order valence-electron chi connectivity index (χ2n) is 4.42. The summed E-state index contributed by atoms with van der Waals surface area (Å²) >= 11 is 0. The summed E-state index contributed by atoms with van der Waals surface area (Å²) in [5.41, 5.74) is 6.95. The number of rotatable bonds is 8. The number of aryl methyl sites for hydroxylation is 2. The predicted molar refractivity (Wildman–Crippen MR) is 69.5 cm³/mol. The molecule has 0 fully saturated rings. The van der Waals surface area contributed by atoms with Crippen LogP contribution in [0.4, 0.5) is 0 Å². The smallest absolute Gasteiger partial charge is 0.286 e. The van der Waals surface area contributed by atoms with Gasteiger partial charge >= 0.3 is 0 Å². The molecule has 1 rings (SSSR count). The van der Waals surface area contributed by atoms with Crippen molar-refractivity contribution < 1.29 is 4.57 Å². The Morgan fingerprint density at radius 2 is 2.18 bits per heavy atom. The van der Waals surface area contributed by atoms with E-state index in [2.05, 4.69) is 27.4 Å². The molecular weight excluding hydrogens is 212 g/mol. The van der Waals surface area contributed by atoms with Crippen LogP contribution < -0.4 is 10.3 Å². The number of nitrogens with two attached hydrogens (primary N) is 1. The standard InChI is InChI=1S/C13H25N4/c1-3-9-17(11-7-14)10-4-5-13-6-8-15-12-16(13)2/h6,8,12H,3-5,7,9-11,14H2,1-2H3/q+1. The fraction of sp³-hybridized carbons (Fsp3) is 0.692. The van der Waals surface area contributed by atoms with Crippen molar-refractivity contribution in [3.8, 4) is 0 Å². The van der Waals surface area contributed by atoms with Gasteiger partial charge in [-0.05, 0) is 25.9 Å². The topological polar surface area (TPSA) is 46.0 Å². The molecule has 4 nitrogen and oxygen atoms in total. The SMILES string of the molecule is CCCN(CCN)CCCc1ccnc[n+]1C. The molecule has 4 heteroatoms. The Balaban J connectivity index is 2.33. The number of hydrogen-bond acceptors (Lipinski definition) is 3. The molecule has 0 aliphatic carbocycles. The molecule has 0 radical (unpaired) electrons. The lowest BCUT2D eigenvalue weighted by Crippen LogP contribution is -2.35. The first-order valence-corrected chi connectivity index (χ1v) is 6.49. The largest absolute Gasteiger partial charge is 0.329 e. The molecule has 0 bridgehead atoms. The Morgan fingerprint density at radius 3 is 2.82 bits per heavy atom. The molecule has 1 aromatic heterocycles. The molecule has 0 unspecified atom stereocenters. The molecule has 17 heavy (non-hydrogen) atoms. The van der Waals surface area contributed by atoms with E-state index in [4.69, 9.17) is 5.73 Å². The van der Waals surface area contributed by atoms with Crippen molar-refractivity contribution in [2.75, 3.05) is 26.2 Å². The van der Waals surface area contributed by atoms with Crippen LogP contribution in [0, 0.1) is 0 Å². The molecule has 1 aromatic rings. The van der Waals surface area contributed by atoms with Crippen LogP contribution >= 0.6 is 0 Å². The van der Waals surface area contributed by atoms with Crippen LogP contribution in [0.15, 0.2) is 18.6 Å². The maximum Gasteiger partial charge on any atom is 0.286 e. The zero-order valence-corrected chi connectivity index (χ0v) is 11.1. The van der Waals surface area contributed by atoms with Gasteiger partial charge in [-0.1, -0.05) is 11.9 Å². The Kier molecular flexibility index (Phi) is 6.74. The Morgan fingerprint density at radius 1 is 1.35 bits per heavy atom. The van der Waals surface area contributed by atoms with E-state index < -0.39 is 0 Å². The van der Waals surface area contributed by atoms with Crippen LogP contribution in [0.5, 0.6) is 0 Å². The zero-order chi connectivity index (χ0) is 12.5. The molecule has 0 aliphatic heterocycles. The van der Waals surface area contributed by atoms with Crippen LogP contribution in [-0.2, 0) is 13.5 Å². The van der Waals surface area contributed by atoms with E-state index in [0.717, 1.165) is 32.6 Å². The van der Waals surface area contributed by atoms with Crippen molar-refractivity contribution in [1.82, 2.24) is 9.88 Å². The summed E-state index contributed by atoms with van der Waals surface area (Å²) in [6.07, 6.45) is 7.20. The van der Waals surface area contributed by atoms with Crippen molar-refractivity contribution in [3.05, 3.63) is 24.3 Å². The lowest BCUT2D eigenvalue weighted by atomic mass is 10.2. The van der Waals surface area contributed by atoms with Gasteiger partial charge in [-0.25, -0.2) is 4.57 Å². The van der Waals surface area contributed by atoms with Gasteiger partial charge in [0.15, 0.2) is 0 Å². The van der Waals surface area contributed by atoms with Gasteiger partial charge < -0.3 is 10.6 Å². The van der Waals surface area contributed by atoms with Crippen molar-refractivity contribution in [2.45, 2.75) is 26.2 Å². The third-order valence-electron chi connectivity index (χ3n) is 2.94. The van der Waals surface area contributed by atoms with E-state index >= 15 is 0 Å². The minimum absolute atomic E-state index is 0.753. The van der Waals surface area contributed by atoms with E-state index in [9.17, 15) is 0 Å². The van der Waals surface area contributed by atoms with E-state index in [1.807, 2.05) is 19.6 Å². The van der Waals surface area contributed by atoms with Crippen molar-refractivity contribution in [2.24, 2.45) is 12.8 Å². The van der Waals surface area contributed by atoms with Gasteiger partial charge in [0, 0.05) is 25.6 Å². The normalized spacial score (nSPS) is 11.1. The summed E-state index contributed by atoms with van der Waals surface area (Å²) in [7, 11) is 2.05. The summed E-state index contributed by atoms with van der Waals surface area (Å²) in [5, 5.41) is 0. The predicted octanol–water partition coefficient (Wildman–Crippen LogP) is 0.509. The average molecular weight is 237 g/mol. The Hall–Kier alpha value is -1.00. The lowest BCUT2D eigenvalue weighted by molar-refractivity contribution is -0.682. The molecule has 0 saturated carbocycles. The summed E-state index contributed by atoms with van der Waals surface area (Å²) in [6.45, 7) is 6.26. The summed E-state index contributed by atoms with van der Waals surface area (Å²) < 4.78 is 2.09. The molecule has 0 aromatic carbocycles. The molecule has 0 saturated heterocycles. The van der Waals surface area contributed by atoms with Crippen molar-refractivity contribution >= 4 is 0 Å². The molecule has 96 valence electrons. The number of nitrogens with zero attached hydrogens (tertiary/aromatic N) is 3. The average Bonchev–Trinajstić information content (AvgIpc) is 2.32. The van der Waals surface area contributed by atoms with Gasteiger partial charge in [-0.15, -0.1) is 0 Å². The molecule has 0 atom stereocenters. The van der Waals surface area contributed by atoms with E-state index in [1.165, 1.54) is 18.5 Å². The van der Waals surface area contributed by atoms with Gasteiger partial charge in [0.1, 0.15) is 11.9 Å². The fourth-order valence-corrected chi connectivity index (χ4v) is 2.04. The quantitative estimate of drug-likeness (QED) is 0.670. The highest BCUT2D eigenvalue weighted by Crippen LogP contribution is 1.99. The molecule has 2 N–H and O–H groups in total. The van der Waals surface area contributed by atoms with E-state index in [-0.39, 0.29) is 0 Å². The lowest BCUT2D eigenvalue weighted by Gasteiger charge is -2.20. The highest BCUT2D eigenvalue weighted by molar-refractivity contribution is 4.91.